The minimum Gasteiger partial charge on any atom is -0.461 e. The van der Waals surface area contributed by atoms with Gasteiger partial charge in [-0.25, -0.2) is 4.79 Å². The highest BCUT2D eigenvalue weighted by molar-refractivity contribution is 6.02. The van der Waals surface area contributed by atoms with Gasteiger partial charge in [0.25, 0.3) is 0 Å². The van der Waals surface area contributed by atoms with Gasteiger partial charge in [-0.3, -0.25) is 5.10 Å². The van der Waals surface area contributed by atoms with E-state index in [0.29, 0.717) is 5.52 Å². The van der Waals surface area contributed by atoms with E-state index in [-0.39, 0.29) is 23.6 Å². The number of aromatic amines is 1. The van der Waals surface area contributed by atoms with Gasteiger partial charge in [-0.1, -0.05) is 12.2 Å². The number of H-pyrrole nitrogens is 1. The summed E-state index contributed by atoms with van der Waals surface area (Å²) in [7, 11) is 0. The third-order valence-corrected chi connectivity index (χ3v) is 3.64. The SMILES string of the molecule is O=C(OCC1CC=CC1)c1n[nH]c2ccc(C(F)(F)F)cc12. The fourth-order valence-electron chi connectivity index (χ4n) is 2.42. The molecule has 1 aromatic heterocycles. The summed E-state index contributed by atoms with van der Waals surface area (Å²) in [5.74, 6) is -0.475. The summed E-state index contributed by atoms with van der Waals surface area (Å²) in [6, 6.07) is 3.11. The number of hydrogen-bond acceptors (Lipinski definition) is 3. The molecular formula is C15H13F3N2O2. The Bertz CT molecular complexity index is 726. The third kappa shape index (κ3) is 2.84. The maximum Gasteiger partial charge on any atom is 0.416 e. The first-order chi connectivity index (χ1) is 10.4. The van der Waals surface area contributed by atoms with Crippen molar-refractivity contribution in [2.24, 2.45) is 5.92 Å². The Morgan fingerprint density at radius 2 is 2.05 bits per heavy atom. The van der Waals surface area contributed by atoms with Crippen molar-refractivity contribution < 1.29 is 22.7 Å². The first kappa shape index (κ1) is 14.6. The number of alkyl halides is 3. The van der Waals surface area contributed by atoms with Crippen LogP contribution in [0.5, 0.6) is 0 Å². The van der Waals surface area contributed by atoms with Crippen LogP contribution in [-0.2, 0) is 10.9 Å². The highest BCUT2D eigenvalue weighted by Gasteiger charge is 2.31. The van der Waals surface area contributed by atoms with Gasteiger partial charge in [-0.2, -0.15) is 18.3 Å². The lowest BCUT2D eigenvalue weighted by atomic mass is 10.1. The first-order valence-electron chi connectivity index (χ1n) is 6.82. The van der Waals surface area contributed by atoms with Crippen LogP contribution in [0.1, 0.15) is 28.9 Å². The van der Waals surface area contributed by atoms with Crippen molar-refractivity contribution in [3.8, 4) is 0 Å². The quantitative estimate of drug-likeness (QED) is 0.694. The fraction of sp³-hybridized carbons (Fsp3) is 0.333. The van der Waals surface area contributed by atoms with Crippen LogP contribution in [0.4, 0.5) is 13.2 Å². The van der Waals surface area contributed by atoms with E-state index in [1.165, 1.54) is 6.07 Å². The van der Waals surface area contributed by atoms with Crippen molar-refractivity contribution in [3.05, 3.63) is 41.6 Å². The number of esters is 1. The predicted octanol–water partition coefficient (Wildman–Crippen LogP) is 3.70. The monoisotopic (exact) mass is 310 g/mol. The number of nitrogens with zero attached hydrogens (tertiary/aromatic N) is 1. The highest BCUT2D eigenvalue weighted by Crippen LogP contribution is 2.32. The molecule has 0 radical (unpaired) electrons. The summed E-state index contributed by atoms with van der Waals surface area (Å²) in [6.07, 6.45) is 1.23. The van der Waals surface area contributed by atoms with Crippen molar-refractivity contribution in [2.75, 3.05) is 6.61 Å². The molecule has 0 unspecified atom stereocenters. The van der Waals surface area contributed by atoms with Gasteiger partial charge in [0, 0.05) is 5.39 Å². The second kappa shape index (κ2) is 5.47. The van der Waals surface area contributed by atoms with E-state index in [4.69, 9.17) is 4.74 Å². The molecule has 0 saturated heterocycles. The van der Waals surface area contributed by atoms with E-state index in [2.05, 4.69) is 10.2 Å². The molecule has 3 rings (SSSR count). The lowest BCUT2D eigenvalue weighted by molar-refractivity contribution is -0.137. The molecule has 4 nitrogen and oxygen atoms in total. The molecule has 116 valence electrons. The number of nitrogens with one attached hydrogen (secondary N) is 1. The summed E-state index contributed by atoms with van der Waals surface area (Å²) in [6.45, 7) is 0.235. The second-order valence-electron chi connectivity index (χ2n) is 5.24. The van der Waals surface area contributed by atoms with Crippen molar-refractivity contribution in [2.45, 2.75) is 19.0 Å². The average Bonchev–Trinajstić information content (AvgIpc) is 3.12. The molecule has 1 heterocycles. The second-order valence-corrected chi connectivity index (χ2v) is 5.24. The maximum absolute atomic E-state index is 12.8. The van der Waals surface area contributed by atoms with E-state index >= 15 is 0 Å². The number of halogens is 3. The van der Waals surface area contributed by atoms with Gasteiger partial charge < -0.3 is 4.74 Å². The number of allylic oxidation sites excluding steroid dienone is 2. The molecule has 0 bridgehead atoms. The number of hydrogen-bond donors (Lipinski definition) is 1. The average molecular weight is 310 g/mol. The van der Waals surface area contributed by atoms with E-state index in [0.717, 1.165) is 25.0 Å². The van der Waals surface area contributed by atoms with Crippen molar-refractivity contribution >= 4 is 16.9 Å². The van der Waals surface area contributed by atoms with Crippen molar-refractivity contribution in [3.63, 3.8) is 0 Å². The molecular weight excluding hydrogens is 297 g/mol. The number of rotatable bonds is 3. The topological polar surface area (TPSA) is 55.0 Å². The lowest BCUT2D eigenvalue weighted by Gasteiger charge is -2.09. The smallest absolute Gasteiger partial charge is 0.416 e. The number of benzene rings is 1. The zero-order valence-electron chi connectivity index (χ0n) is 11.5. The Balaban J connectivity index is 1.81. The normalized spacial score (nSPS) is 15.6. The van der Waals surface area contributed by atoms with E-state index < -0.39 is 17.7 Å². The number of carbonyl (C=O) groups is 1. The van der Waals surface area contributed by atoms with Crippen molar-refractivity contribution in [1.82, 2.24) is 10.2 Å². The zero-order chi connectivity index (χ0) is 15.7. The minimum absolute atomic E-state index is 0.115. The molecule has 0 aliphatic heterocycles. The van der Waals surface area contributed by atoms with Crippen LogP contribution in [0.2, 0.25) is 0 Å². The predicted molar refractivity (Wildman–Crippen MR) is 73.2 cm³/mol. The van der Waals surface area contributed by atoms with Gasteiger partial charge in [0.1, 0.15) is 0 Å². The van der Waals surface area contributed by atoms with Gasteiger partial charge in [-0.15, -0.1) is 0 Å². The van der Waals surface area contributed by atoms with Gasteiger partial charge in [-0.05, 0) is 37.0 Å². The minimum atomic E-state index is -4.47. The Kier molecular flexibility index (Phi) is 3.64. The standard InChI is InChI=1S/C15H13F3N2O2/c16-15(17,18)10-5-6-12-11(7-10)13(20-19-12)14(21)22-8-9-3-1-2-4-9/h1-2,5-7,9H,3-4,8H2,(H,19,20). The number of aromatic nitrogens is 2. The zero-order valence-corrected chi connectivity index (χ0v) is 11.5. The van der Waals surface area contributed by atoms with Crippen LogP contribution in [0, 0.1) is 5.92 Å². The number of ether oxygens (including phenoxy) is 1. The summed E-state index contributed by atoms with van der Waals surface area (Å²) in [4.78, 5) is 12.0. The molecule has 2 aromatic rings. The largest absolute Gasteiger partial charge is 0.461 e. The van der Waals surface area contributed by atoms with Crippen LogP contribution in [0.15, 0.2) is 30.4 Å². The Morgan fingerprint density at radius 1 is 1.32 bits per heavy atom. The Hall–Kier alpha value is -2.31. The molecule has 0 spiro atoms. The molecule has 22 heavy (non-hydrogen) atoms. The van der Waals surface area contributed by atoms with E-state index in [1.54, 1.807) is 0 Å². The van der Waals surface area contributed by atoms with Gasteiger partial charge in [0.15, 0.2) is 5.69 Å². The first-order valence-corrected chi connectivity index (χ1v) is 6.82. The Labute approximate surface area is 124 Å². The molecule has 0 amide bonds. The molecule has 7 heteroatoms. The number of fused-ring (bicyclic) bond motifs is 1. The van der Waals surface area contributed by atoms with Crippen LogP contribution in [0.25, 0.3) is 10.9 Å². The van der Waals surface area contributed by atoms with Gasteiger partial charge >= 0.3 is 12.1 Å². The van der Waals surface area contributed by atoms with Gasteiger partial charge in [0.05, 0.1) is 17.7 Å². The number of carbonyl (C=O) groups excluding carboxylic acids is 1. The molecule has 1 N–H and O–H groups in total. The molecule has 1 aliphatic carbocycles. The van der Waals surface area contributed by atoms with Crippen LogP contribution >= 0.6 is 0 Å². The highest BCUT2D eigenvalue weighted by atomic mass is 19.4. The van der Waals surface area contributed by atoms with Crippen LogP contribution in [-0.4, -0.2) is 22.8 Å². The molecule has 0 fully saturated rings. The molecule has 1 aliphatic rings. The van der Waals surface area contributed by atoms with Crippen LogP contribution < -0.4 is 0 Å². The molecule has 1 aromatic carbocycles. The Morgan fingerprint density at radius 3 is 2.73 bits per heavy atom. The summed E-state index contributed by atoms with van der Waals surface area (Å²) >= 11 is 0. The summed E-state index contributed by atoms with van der Waals surface area (Å²) in [5, 5.41) is 6.44. The summed E-state index contributed by atoms with van der Waals surface area (Å²) in [5.41, 5.74) is -0.579. The molecule has 0 saturated carbocycles. The van der Waals surface area contributed by atoms with Gasteiger partial charge in [0.2, 0.25) is 0 Å². The van der Waals surface area contributed by atoms with Crippen molar-refractivity contribution in [1.29, 1.82) is 0 Å². The third-order valence-electron chi connectivity index (χ3n) is 3.64. The summed E-state index contributed by atoms with van der Waals surface area (Å²) < 4.78 is 43.4. The van der Waals surface area contributed by atoms with Crippen LogP contribution in [0.3, 0.4) is 0 Å². The maximum atomic E-state index is 12.8. The molecule has 0 atom stereocenters. The fourth-order valence-corrected chi connectivity index (χ4v) is 2.42. The van der Waals surface area contributed by atoms with E-state index in [1.807, 2.05) is 12.2 Å². The van der Waals surface area contributed by atoms with E-state index in [9.17, 15) is 18.0 Å². The lowest BCUT2D eigenvalue weighted by Crippen LogP contribution is -2.13.